The zero-order chi connectivity index (χ0) is 14.5. The summed E-state index contributed by atoms with van der Waals surface area (Å²) in [5, 5.41) is 13.5. The minimum atomic E-state index is -3.13. The highest BCUT2D eigenvalue weighted by Crippen LogP contribution is 2.24. The van der Waals surface area contributed by atoms with E-state index in [9.17, 15) is 18.5 Å². The summed E-state index contributed by atoms with van der Waals surface area (Å²) < 4.78 is 27.5. The Labute approximate surface area is 110 Å². The van der Waals surface area contributed by atoms with Gasteiger partial charge in [-0.15, -0.1) is 0 Å². The maximum absolute atomic E-state index is 11.3. The van der Waals surface area contributed by atoms with Crippen molar-refractivity contribution in [1.29, 1.82) is 0 Å². The van der Waals surface area contributed by atoms with Gasteiger partial charge in [-0.3, -0.25) is 10.1 Å². The third-order valence-corrected chi connectivity index (χ3v) is 4.11. The topological polar surface area (TPSA) is 111 Å². The Bertz CT molecular complexity index is 558. The van der Waals surface area contributed by atoms with Crippen molar-refractivity contribution in [2.24, 2.45) is 0 Å². The van der Waals surface area contributed by atoms with Gasteiger partial charge in [0.1, 0.15) is 0 Å². The molecule has 1 heterocycles. The van der Waals surface area contributed by atoms with Gasteiger partial charge in [0.05, 0.1) is 17.8 Å². The summed E-state index contributed by atoms with van der Waals surface area (Å²) in [5.41, 5.74) is -0.227. The maximum Gasteiger partial charge on any atom is 0.311 e. The van der Waals surface area contributed by atoms with Crippen LogP contribution >= 0.6 is 0 Å². The fourth-order valence-corrected chi connectivity index (χ4v) is 2.00. The smallest absolute Gasteiger partial charge is 0.311 e. The van der Waals surface area contributed by atoms with Gasteiger partial charge < -0.3 is 10.1 Å². The lowest BCUT2D eigenvalue weighted by atomic mass is 10.4. The highest BCUT2D eigenvalue weighted by molar-refractivity contribution is 7.91. The average Bonchev–Trinajstić information content (AvgIpc) is 2.38. The number of ether oxygens (including phenoxy) is 1. The molecule has 0 saturated heterocycles. The fourth-order valence-electron chi connectivity index (χ4n) is 1.29. The van der Waals surface area contributed by atoms with Gasteiger partial charge in [0.25, 0.3) is 0 Å². The Kier molecular flexibility index (Phi) is 5.04. The molecule has 106 valence electrons. The molecule has 0 unspecified atom stereocenters. The molecule has 8 nitrogen and oxygen atoms in total. The number of hydrogen-bond acceptors (Lipinski definition) is 7. The molecule has 9 heteroatoms. The molecule has 0 bridgehead atoms. The van der Waals surface area contributed by atoms with E-state index < -0.39 is 14.8 Å². The maximum atomic E-state index is 11.3. The summed E-state index contributed by atoms with van der Waals surface area (Å²) >= 11 is 0. The minimum absolute atomic E-state index is 0.00402. The van der Waals surface area contributed by atoms with Crippen molar-refractivity contribution in [3.05, 3.63) is 22.2 Å². The Morgan fingerprint density at radius 3 is 2.68 bits per heavy atom. The molecule has 0 fully saturated rings. The monoisotopic (exact) mass is 289 g/mol. The van der Waals surface area contributed by atoms with Crippen molar-refractivity contribution in [1.82, 2.24) is 4.98 Å². The van der Waals surface area contributed by atoms with Crippen LogP contribution in [0.4, 0.5) is 11.5 Å². The lowest BCUT2D eigenvalue weighted by molar-refractivity contribution is -0.384. The van der Waals surface area contributed by atoms with Gasteiger partial charge in [0.2, 0.25) is 11.7 Å². The first kappa shape index (κ1) is 15.2. The summed E-state index contributed by atoms with van der Waals surface area (Å²) in [6.07, 6.45) is 0. The molecule has 1 aromatic rings. The number of anilines is 1. The zero-order valence-electron chi connectivity index (χ0n) is 10.6. The Morgan fingerprint density at radius 2 is 2.16 bits per heavy atom. The number of pyridine rings is 1. The van der Waals surface area contributed by atoms with Gasteiger partial charge in [-0.1, -0.05) is 6.92 Å². The van der Waals surface area contributed by atoms with Crippen LogP contribution in [0.25, 0.3) is 0 Å². The van der Waals surface area contributed by atoms with Crippen molar-refractivity contribution in [2.45, 2.75) is 6.92 Å². The molecule has 0 atom stereocenters. The number of methoxy groups -OCH3 is 1. The Hall–Kier alpha value is -1.90. The largest absolute Gasteiger partial charge is 0.481 e. The fraction of sp³-hybridized carbons (Fsp3) is 0.500. The lowest BCUT2D eigenvalue weighted by Crippen LogP contribution is -2.18. The summed E-state index contributed by atoms with van der Waals surface area (Å²) in [4.78, 5) is 14.1. The van der Waals surface area contributed by atoms with Crippen LogP contribution in [0.3, 0.4) is 0 Å². The van der Waals surface area contributed by atoms with Crippen LogP contribution in [0.15, 0.2) is 12.1 Å². The molecule has 0 radical (unpaired) electrons. The van der Waals surface area contributed by atoms with Crippen molar-refractivity contribution >= 4 is 21.3 Å². The van der Waals surface area contributed by atoms with Crippen LogP contribution in [-0.2, 0) is 9.84 Å². The Morgan fingerprint density at radius 1 is 1.47 bits per heavy atom. The highest BCUT2D eigenvalue weighted by Gasteiger charge is 2.17. The predicted molar refractivity (Wildman–Crippen MR) is 70.3 cm³/mol. The van der Waals surface area contributed by atoms with E-state index in [1.807, 2.05) is 0 Å². The zero-order valence-corrected chi connectivity index (χ0v) is 11.4. The third-order valence-electron chi connectivity index (χ3n) is 2.40. The van der Waals surface area contributed by atoms with Crippen LogP contribution in [0, 0.1) is 10.1 Å². The molecule has 0 saturated carbocycles. The number of sulfone groups is 1. The number of aromatic nitrogens is 1. The molecule has 0 aliphatic carbocycles. The highest BCUT2D eigenvalue weighted by atomic mass is 32.2. The number of hydrogen-bond donors (Lipinski definition) is 1. The predicted octanol–water partition coefficient (Wildman–Crippen LogP) is 0.845. The van der Waals surface area contributed by atoms with E-state index in [2.05, 4.69) is 10.3 Å². The quantitative estimate of drug-likeness (QED) is 0.584. The second-order valence-electron chi connectivity index (χ2n) is 3.64. The van der Waals surface area contributed by atoms with E-state index in [4.69, 9.17) is 4.74 Å². The number of rotatable bonds is 7. The molecular weight excluding hydrogens is 274 g/mol. The molecule has 1 rings (SSSR count). The van der Waals surface area contributed by atoms with E-state index in [0.717, 1.165) is 0 Å². The number of nitrogens with zero attached hydrogens (tertiary/aromatic N) is 2. The van der Waals surface area contributed by atoms with Gasteiger partial charge in [-0.25, -0.2) is 8.42 Å². The van der Waals surface area contributed by atoms with Crippen LogP contribution < -0.4 is 10.1 Å². The van der Waals surface area contributed by atoms with Crippen LogP contribution in [0.2, 0.25) is 0 Å². The molecule has 0 aliphatic rings. The molecule has 0 spiro atoms. The second-order valence-corrected chi connectivity index (χ2v) is 6.11. The summed E-state index contributed by atoms with van der Waals surface area (Å²) in [7, 11) is -1.74. The minimum Gasteiger partial charge on any atom is -0.481 e. The van der Waals surface area contributed by atoms with Crippen molar-refractivity contribution < 1.29 is 18.1 Å². The summed E-state index contributed by atoms with van der Waals surface area (Å²) in [5.74, 6) is 0.129. The van der Waals surface area contributed by atoms with E-state index in [0.29, 0.717) is 0 Å². The summed E-state index contributed by atoms with van der Waals surface area (Å²) in [6, 6.07) is 2.62. The third kappa shape index (κ3) is 4.36. The van der Waals surface area contributed by atoms with Gasteiger partial charge in [0.15, 0.2) is 9.84 Å². The first-order valence-electron chi connectivity index (χ1n) is 5.53. The van der Waals surface area contributed by atoms with E-state index in [1.165, 1.54) is 19.2 Å². The Balaban J connectivity index is 2.84. The van der Waals surface area contributed by atoms with Crippen molar-refractivity contribution in [2.75, 3.05) is 30.5 Å². The van der Waals surface area contributed by atoms with Gasteiger partial charge in [-0.05, 0) is 0 Å². The number of nitro groups is 1. The van der Waals surface area contributed by atoms with Gasteiger partial charge in [-0.2, -0.15) is 4.98 Å². The molecule has 19 heavy (non-hydrogen) atoms. The lowest BCUT2D eigenvalue weighted by Gasteiger charge is -2.07. The normalized spacial score (nSPS) is 11.1. The van der Waals surface area contributed by atoms with Gasteiger partial charge >= 0.3 is 5.69 Å². The van der Waals surface area contributed by atoms with Crippen LogP contribution in [0.1, 0.15) is 6.92 Å². The molecule has 1 aromatic heterocycles. The summed E-state index contributed by atoms with van der Waals surface area (Å²) in [6.45, 7) is 1.60. The molecule has 0 amide bonds. The first-order chi connectivity index (χ1) is 8.89. The molecule has 0 aromatic carbocycles. The van der Waals surface area contributed by atoms with E-state index in [1.54, 1.807) is 6.92 Å². The van der Waals surface area contributed by atoms with E-state index in [-0.39, 0.29) is 35.4 Å². The van der Waals surface area contributed by atoms with E-state index >= 15 is 0 Å². The van der Waals surface area contributed by atoms with Crippen LogP contribution in [0.5, 0.6) is 5.88 Å². The second kappa shape index (κ2) is 6.32. The van der Waals surface area contributed by atoms with Crippen LogP contribution in [-0.4, -0.2) is 43.5 Å². The molecule has 0 aliphatic heterocycles. The van der Waals surface area contributed by atoms with Gasteiger partial charge in [0, 0.05) is 24.4 Å². The average molecular weight is 289 g/mol. The number of nitrogens with one attached hydrogen (secondary N) is 1. The van der Waals surface area contributed by atoms with Crippen molar-refractivity contribution in [3.8, 4) is 5.88 Å². The molecule has 1 N–H and O–H groups in total. The first-order valence-corrected chi connectivity index (χ1v) is 7.35. The van der Waals surface area contributed by atoms with Crippen molar-refractivity contribution in [3.63, 3.8) is 0 Å². The molecular formula is C10H15N3O5S. The SMILES string of the molecule is CCS(=O)(=O)CCNc1nc(OC)ccc1[N+](=O)[O-]. The standard InChI is InChI=1S/C10H15N3O5S/c1-3-19(16,17)7-6-11-10-8(13(14)15)4-5-9(12-10)18-2/h4-5H,3,6-7H2,1-2H3,(H,11,12).